The topological polar surface area (TPSA) is 66.8 Å². The zero-order valence-corrected chi connectivity index (χ0v) is 5.43. The first-order valence-electron chi connectivity index (χ1n) is 2.82. The summed E-state index contributed by atoms with van der Waals surface area (Å²) in [5, 5.41) is 16.9. The highest BCUT2D eigenvalue weighted by Gasteiger charge is 1.98. The van der Waals surface area contributed by atoms with Crippen molar-refractivity contribution in [1.82, 2.24) is 0 Å². The Hall–Kier alpha value is -0.870. The van der Waals surface area contributed by atoms with Crippen LogP contribution in [0.1, 0.15) is 0 Å². The molecule has 0 bridgehead atoms. The first-order valence-corrected chi connectivity index (χ1v) is 2.82. The average molecular weight is 146 g/mol. The first-order chi connectivity index (χ1) is 4.81. The summed E-state index contributed by atoms with van der Waals surface area (Å²) in [5.74, 6) is 0. The van der Waals surface area contributed by atoms with Crippen LogP contribution in [0.4, 0.5) is 0 Å². The molecular formula is C6H10O4. The lowest BCUT2D eigenvalue weighted by Crippen LogP contribution is -2.17. The van der Waals surface area contributed by atoms with E-state index >= 15 is 0 Å². The number of aliphatic hydroxyl groups is 2. The van der Waals surface area contributed by atoms with Gasteiger partial charge in [-0.25, -0.2) is 0 Å². The van der Waals surface area contributed by atoms with Crippen molar-refractivity contribution in [3.63, 3.8) is 0 Å². The van der Waals surface area contributed by atoms with Gasteiger partial charge in [-0.3, -0.25) is 4.79 Å². The van der Waals surface area contributed by atoms with Crippen LogP contribution in [0.15, 0.2) is 12.3 Å². The quantitative estimate of drug-likeness (QED) is 0.299. The Morgan fingerprint density at radius 3 is 2.80 bits per heavy atom. The number of hydrogen-bond acceptors (Lipinski definition) is 4. The normalized spacial score (nSPS) is 13.4. The molecule has 1 atom stereocenters. The molecule has 0 rings (SSSR count). The van der Waals surface area contributed by atoms with Crippen LogP contribution in [0.3, 0.4) is 0 Å². The first kappa shape index (κ1) is 9.13. The van der Waals surface area contributed by atoms with Gasteiger partial charge in [-0.15, -0.1) is 0 Å². The Morgan fingerprint density at radius 2 is 2.30 bits per heavy atom. The summed E-state index contributed by atoms with van der Waals surface area (Å²) in [4.78, 5) is 9.64. The predicted octanol–water partition coefficient (Wildman–Crippen LogP) is -0.931. The molecule has 58 valence electrons. The van der Waals surface area contributed by atoms with Gasteiger partial charge in [0.05, 0.1) is 12.9 Å². The molecule has 0 spiro atoms. The molecular weight excluding hydrogens is 136 g/mol. The van der Waals surface area contributed by atoms with Crippen molar-refractivity contribution in [2.45, 2.75) is 6.10 Å². The van der Waals surface area contributed by atoms with Crippen molar-refractivity contribution in [2.24, 2.45) is 0 Å². The number of rotatable bonds is 5. The van der Waals surface area contributed by atoms with Gasteiger partial charge < -0.3 is 14.9 Å². The molecule has 1 unspecified atom stereocenters. The smallest absolute Gasteiger partial charge is 0.145 e. The number of allylic oxidation sites excluding steroid dienone is 1. The maximum Gasteiger partial charge on any atom is 0.145 e. The van der Waals surface area contributed by atoms with Crippen LogP contribution in [-0.4, -0.2) is 35.8 Å². The second kappa shape index (κ2) is 6.25. The lowest BCUT2D eigenvalue weighted by molar-refractivity contribution is -0.104. The van der Waals surface area contributed by atoms with Gasteiger partial charge in [0, 0.05) is 6.08 Å². The van der Waals surface area contributed by atoms with E-state index in [1.165, 1.54) is 0 Å². The third-order valence-electron chi connectivity index (χ3n) is 0.753. The highest BCUT2D eigenvalue weighted by molar-refractivity contribution is 5.64. The maximum absolute atomic E-state index is 9.64. The number of ether oxygens (including phenoxy) is 1. The summed E-state index contributed by atoms with van der Waals surface area (Å²) in [6, 6.07) is 0. The lowest BCUT2D eigenvalue weighted by atomic mass is 10.4. The van der Waals surface area contributed by atoms with Crippen molar-refractivity contribution >= 4 is 6.29 Å². The Bertz CT molecular complexity index is 110. The van der Waals surface area contributed by atoms with Crippen molar-refractivity contribution in [3.05, 3.63) is 12.3 Å². The van der Waals surface area contributed by atoms with Gasteiger partial charge in [-0.2, -0.15) is 0 Å². The molecule has 0 aromatic heterocycles. The average Bonchev–Trinajstić information content (AvgIpc) is 1.98. The highest BCUT2D eigenvalue weighted by atomic mass is 16.5. The second-order valence-electron chi connectivity index (χ2n) is 1.63. The monoisotopic (exact) mass is 146 g/mol. The van der Waals surface area contributed by atoms with E-state index in [2.05, 4.69) is 4.74 Å². The van der Waals surface area contributed by atoms with E-state index < -0.39 is 6.10 Å². The molecule has 0 aliphatic rings. The SMILES string of the molecule is O=CC=COCC(O)CO. The van der Waals surface area contributed by atoms with Crippen molar-refractivity contribution in [2.75, 3.05) is 13.2 Å². The zero-order chi connectivity index (χ0) is 7.82. The maximum atomic E-state index is 9.64. The zero-order valence-electron chi connectivity index (χ0n) is 5.43. The number of carbonyl (C=O) groups is 1. The van der Waals surface area contributed by atoms with Crippen LogP contribution in [0.5, 0.6) is 0 Å². The fourth-order valence-corrected chi connectivity index (χ4v) is 0.307. The van der Waals surface area contributed by atoms with Crippen molar-refractivity contribution < 1.29 is 19.7 Å². The number of aldehydes is 1. The molecule has 0 radical (unpaired) electrons. The van der Waals surface area contributed by atoms with Gasteiger partial charge in [-0.05, 0) is 0 Å². The minimum Gasteiger partial charge on any atom is -0.498 e. The molecule has 4 heteroatoms. The molecule has 0 amide bonds. The van der Waals surface area contributed by atoms with Crippen molar-refractivity contribution in [1.29, 1.82) is 0 Å². The van der Waals surface area contributed by atoms with Crippen LogP contribution in [0.2, 0.25) is 0 Å². The number of hydrogen-bond donors (Lipinski definition) is 2. The van der Waals surface area contributed by atoms with Gasteiger partial charge in [-0.1, -0.05) is 0 Å². The number of aliphatic hydroxyl groups excluding tert-OH is 2. The van der Waals surface area contributed by atoms with Gasteiger partial charge in [0.1, 0.15) is 19.0 Å². The lowest BCUT2D eigenvalue weighted by Gasteiger charge is -2.04. The molecule has 4 nitrogen and oxygen atoms in total. The second-order valence-corrected chi connectivity index (χ2v) is 1.63. The molecule has 0 aromatic carbocycles. The standard InChI is InChI=1S/C6H10O4/c7-2-1-3-10-5-6(9)4-8/h1-3,6,8-9H,4-5H2. The Morgan fingerprint density at radius 1 is 1.60 bits per heavy atom. The minimum absolute atomic E-state index is 0.000833. The van der Waals surface area contributed by atoms with Gasteiger partial charge in [0.2, 0.25) is 0 Å². The molecule has 2 N–H and O–H groups in total. The molecule has 0 aliphatic carbocycles. The third kappa shape index (κ3) is 5.27. The van der Waals surface area contributed by atoms with E-state index in [0.717, 1.165) is 12.3 Å². The van der Waals surface area contributed by atoms with Gasteiger partial charge >= 0.3 is 0 Å². The summed E-state index contributed by atoms with van der Waals surface area (Å²) in [5.41, 5.74) is 0. The van der Waals surface area contributed by atoms with E-state index in [0.29, 0.717) is 6.29 Å². The summed E-state index contributed by atoms with van der Waals surface area (Å²) >= 11 is 0. The van der Waals surface area contributed by atoms with Gasteiger partial charge in [0.25, 0.3) is 0 Å². The number of carbonyl (C=O) groups excluding carboxylic acids is 1. The molecule has 0 saturated carbocycles. The van der Waals surface area contributed by atoms with Crippen LogP contribution in [0.25, 0.3) is 0 Å². The Balaban J connectivity index is 3.18. The van der Waals surface area contributed by atoms with Crippen LogP contribution in [0, 0.1) is 0 Å². The molecule has 0 heterocycles. The van der Waals surface area contributed by atoms with Crippen molar-refractivity contribution in [3.8, 4) is 0 Å². The predicted molar refractivity (Wildman–Crippen MR) is 34.2 cm³/mol. The van der Waals surface area contributed by atoms with E-state index in [9.17, 15) is 4.79 Å². The Kier molecular flexibility index (Phi) is 5.71. The third-order valence-corrected chi connectivity index (χ3v) is 0.753. The molecule has 0 aromatic rings. The van der Waals surface area contributed by atoms with Crippen LogP contribution < -0.4 is 0 Å². The summed E-state index contributed by atoms with van der Waals surface area (Å²) in [7, 11) is 0. The van der Waals surface area contributed by atoms with Gasteiger partial charge in [0.15, 0.2) is 0 Å². The molecule has 0 saturated heterocycles. The largest absolute Gasteiger partial charge is 0.498 e. The summed E-state index contributed by atoms with van der Waals surface area (Å²) < 4.78 is 4.60. The molecule has 0 fully saturated rings. The van der Waals surface area contributed by atoms with E-state index in [1.54, 1.807) is 0 Å². The molecule has 0 aliphatic heterocycles. The molecule has 10 heavy (non-hydrogen) atoms. The van der Waals surface area contributed by atoms with E-state index in [4.69, 9.17) is 10.2 Å². The van der Waals surface area contributed by atoms with Crippen LogP contribution in [-0.2, 0) is 9.53 Å². The summed E-state index contributed by atoms with van der Waals surface area (Å²) in [6.07, 6.45) is 2.00. The highest BCUT2D eigenvalue weighted by Crippen LogP contribution is 1.83. The fraction of sp³-hybridized carbons (Fsp3) is 0.500. The van der Waals surface area contributed by atoms with E-state index in [1.807, 2.05) is 0 Å². The minimum atomic E-state index is -0.878. The van der Waals surface area contributed by atoms with Crippen LogP contribution >= 0.6 is 0 Å². The fourth-order valence-electron chi connectivity index (χ4n) is 0.307. The Labute approximate surface area is 58.7 Å². The van der Waals surface area contributed by atoms with E-state index in [-0.39, 0.29) is 13.2 Å². The summed E-state index contributed by atoms with van der Waals surface area (Å²) in [6.45, 7) is -0.338.